The molecule has 1 aliphatic heterocycles. The lowest BCUT2D eigenvalue weighted by Crippen LogP contribution is -2.16. The number of hydrogen-bond donors (Lipinski definition) is 1. The second-order valence-corrected chi connectivity index (χ2v) is 7.37. The topological polar surface area (TPSA) is 114 Å². The van der Waals surface area contributed by atoms with Gasteiger partial charge >= 0.3 is 10.1 Å². The summed E-state index contributed by atoms with van der Waals surface area (Å²) in [6.45, 7) is 0. The van der Waals surface area contributed by atoms with Gasteiger partial charge in [0.05, 0.1) is 15.6 Å². The Balaban J connectivity index is 1.86. The summed E-state index contributed by atoms with van der Waals surface area (Å²) in [6, 6.07) is 12.6. The van der Waals surface area contributed by atoms with E-state index in [4.69, 9.17) is 25.5 Å². The van der Waals surface area contributed by atoms with Crippen molar-refractivity contribution in [1.29, 1.82) is 0 Å². The first-order chi connectivity index (χ1) is 13.7. The summed E-state index contributed by atoms with van der Waals surface area (Å²) in [5.41, 5.74) is 6.22. The Morgan fingerprint density at radius 3 is 2.43 bits per heavy atom. The van der Waals surface area contributed by atoms with Gasteiger partial charge < -0.3 is 24.1 Å². The Morgan fingerprint density at radius 1 is 1.11 bits per heavy atom. The summed E-state index contributed by atoms with van der Waals surface area (Å²) in [4.78, 5) is 12.8. The summed E-state index contributed by atoms with van der Waals surface area (Å²) < 4.78 is 53.6. The van der Waals surface area contributed by atoms with E-state index in [-0.39, 0.29) is 11.3 Å². The fourth-order valence-corrected chi connectivity index (χ4v) is 3.67. The zero-order valence-corrected chi connectivity index (χ0v) is 16.0. The maximum Gasteiger partial charge on any atom is 0.313 e. The molecule has 0 saturated carbocycles. The van der Waals surface area contributed by atoms with Crippen LogP contribution in [0.3, 0.4) is 0 Å². The Hall–Kier alpha value is -3.20. The third kappa shape index (κ3) is 4.04. The van der Waals surface area contributed by atoms with Crippen molar-refractivity contribution < 1.29 is 33.0 Å². The van der Waals surface area contributed by atoms with Crippen molar-refractivity contribution in [2.75, 3.05) is 14.2 Å². The van der Waals surface area contributed by atoms with E-state index >= 15 is 0 Å². The molecule has 0 bridgehead atoms. The van der Waals surface area contributed by atoms with Crippen LogP contribution in [0.1, 0.15) is 18.6 Å². The number of carbonyl (C=O) groups is 1. The molecule has 1 atom stereocenters. The predicted molar refractivity (Wildman–Crippen MR) is 99.7 cm³/mol. The normalized spacial score (nSPS) is 19.8. The molecule has 1 heterocycles. The number of carbonyl (C=O) groups excluding carboxylic acids is 1. The largest absolute Gasteiger partial charge is 0.493 e. The van der Waals surface area contributed by atoms with Crippen molar-refractivity contribution in [3.05, 3.63) is 71.3 Å². The second kappa shape index (κ2) is 7.81. The van der Waals surface area contributed by atoms with Gasteiger partial charge in [-0.2, -0.15) is 8.42 Å². The molecule has 0 radical (unpaired) electrons. The highest BCUT2D eigenvalue weighted by Crippen LogP contribution is 2.36. The molecule has 9 heteroatoms. The molecule has 1 aliphatic rings. The number of methoxy groups -OCH3 is 2. The standard InChI is InChI=1S/C19H19NO7S/c1-24-14-9-8-13(10-15(14)25-2)17-16(21)18(19(20)26-17)27-28(22,23)11-12-6-4-3-5-7-12/h3-10,17H,11,20H2,1-2H3/t17-/m1/s1/i17D. The zero-order valence-electron chi connectivity index (χ0n) is 16.2. The van der Waals surface area contributed by atoms with Gasteiger partial charge in [0.2, 0.25) is 17.4 Å². The lowest BCUT2D eigenvalue weighted by molar-refractivity contribution is -0.123. The summed E-state index contributed by atoms with van der Waals surface area (Å²) in [6.07, 6.45) is -2.32. The number of Topliss-reactive ketones (excluding diaryl/α,β-unsaturated/α-hetero) is 1. The molecule has 0 amide bonds. The third-order valence-corrected chi connectivity index (χ3v) is 5.00. The van der Waals surface area contributed by atoms with Gasteiger partial charge in [-0.15, -0.1) is 0 Å². The molecule has 148 valence electrons. The van der Waals surface area contributed by atoms with E-state index in [1.807, 2.05) is 0 Å². The van der Waals surface area contributed by atoms with Gasteiger partial charge in [-0.05, 0) is 17.7 Å². The van der Waals surface area contributed by atoms with Crippen LogP contribution in [0.25, 0.3) is 0 Å². The van der Waals surface area contributed by atoms with Crippen LogP contribution in [0.4, 0.5) is 0 Å². The van der Waals surface area contributed by atoms with Crippen molar-refractivity contribution >= 4 is 15.9 Å². The zero-order chi connectivity index (χ0) is 21.2. The van der Waals surface area contributed by atoms with Crippen molar-refractivity contribution in [2.24, 2.45) is 5.73 Å². The summed E-state index contributed by atoms with van der Waals surface area (Å²) >= 11 is 0. The molecule has 2 aromatic carbocycles. The van der Waals surface area contributed by atoms with Crippen molar-refractivity contribution in [1.82, 2.24) is 0 Å². The number of nitrogens with two attached hydrogens (primary N) is 1. The van der Waals surface area contributed by atoms with Gasteiger partial charge in [0.1, 0.15) is 5.75 Å². The van der Waals surface area contributed by atoms with E-state index < -0.39 is 39.4 Å². The lowest BCUT2D eigenvalue weighted by atomic mass is 10.1. The molecule has 28 heavy (non-hydrogen) atoms. The van der Waals surface area contributed by atoms with Crippen LogP contribution in [0.5, 0.6) is 11.5 Å². The highest BCUT2D eigenvalue weighted by atomic mass is 32.2. The maximum atomic E-state index is 12.8. The average molecular weight is 406 g/mol. The van der Waals surface area contributed by atoms with Gasteiger partial charge in [-0.25, -0.2) is 0 Å². The molecule has 0 unspecified atom stereocenters. The van der Waals surface area contributed by atoms with E-state index in [1.54, 1.807) is 30.3 Å². The Labute approximate surface area is 164 Å². The predicted octanol–water partition coefficient (Wildman–Crippen LogP) is 2.02. The van der Waals surface area contributed by atoms with Crippen LogP contribution in [0.2, 0.25) is 0 Å². The van der Waals surface area contributed by atoms with Crippen LogP contribution in [0, 0.1) is 0 Å². The van der Waals surface area contributed by atoms with Crippen LogP contribution in [0.15, 0.2) is 60.2 Å². The molecule has 0 aromatic heterocycles. The summed E-state index contributed by atoms with van der Waals surface area (Å²) in [5, 5.41) is 0. The number of ketones is 1. The monoisotopic (exact) mass is 406 g/mol. The molecule has 8 nitrogen and oxygen atoms in total. The minimum atomic E-state index is -4.21. The van der Waals surface area contributed by atoms with E-state index in [0.717, 1.165) is 0 Å². The first-order valence-electron chi connectivity index (χ1n) is 8.62. The molecular formula is C19H19NO7S. The van der Waals surface area contributed by atoms with Crippen LogP contribution in [-0.2, 0) is 29.6 Å². The smallest absolute Gasteiger partial charge is 0.313 e. The fourth-order valence-electron chi connectivity index (χ4n) is 2.60. The highest BCUT2D eigenvalue weighted by molar-refractivity contribution is 7.86. The van der Waals surface area contributed by atoms with Gasteiger partial charge in [0.15, 0.2) is 17.6 Å². The number of hydrogen-bond acceptors (Lipinski definition) is 8. The molecule has 2 aromatic rings. The van der Waals surface area contributed by atoms with E-state index in [2.05, 4.69) is 0 Å². The van der Waals surface area contributed by atoms with E-state index in [9.17, 15) is 13.2 Å². The van der Waals surface area contributed by atoms with Gasteiger partial charge in [0, 0.05) is 5.56 Å². The quantitative estimate of drug-likeness (QED) is 0.695. The molecule has 0 fully saturated rings. The molecule has 3 rings (SSSR count). The molecule has 0 aliphatic carbocycles. The summed E-state index contributed by atoms with van der Waals surface area (Å²) in [7, 11) is -1.37. The van der Waals surface area contributed by atoms with Crippen molar-refractivity contribution in [2.45, 2.75) is 11.8 Å². The molecule has 2 N–H and O–H groups in total. The molecular weight excluding hydrogens is 386 g/mol. The Kier molecular flexibility index (Phi) is 5.07. The first-order valence-corrected chi connectivity index (χ1v) is 9.70. The van der Waals surface area contributed by atoms with Crippen LogP contribution in [-0.4, -0.2) is 28.4 Å². The highest BCUT2D eigenvalue weighted by Gasteiger charge is 2.39. The second-order valence-electron chi connectivity index (χ2n) is 5.79. The first kappa shape index (κ1) is 18.2. The van der Waals surface area contributed by atoms with Gasteiger partial charge in [-0.1, -0.05) is 36.4 Å². The molecule has 0 spiro atoms. The summed E-state index contributed by atoms with van der Waals surface area (Å²) in [5.74, 6) is -2.19. The third-order valence-electron chi connectivity index (χ3n) is 3.89. The Bertz CT molecular complexity index is 1070. The lowest BCUT2D eigenvalue weighted by Gasteiger charge is -2.13. The minimum absolute atomic E-state index is 0.0714. The van der Waals surface area contributed by atoms with Crippen molar-refractivity contribution in [3.63, 3.8) is 0 Å². The van der Waals surface area contributed by atoms with Gasteiger partial charge in [0.25, 0.3) is 0 Å². The van der Waals surface area contributed by atoms with Crippen molar-refractivity contribution in [3.8, 4) is 11.5 Å². The number of benzene rings is 2. The molecule has 0 saturated heterocycles. The van der Waals surface area contributed by atoms with Crippen LogP contribution >= 0.6 is 0 Å². The van der Waals surface area contributed by atoms with E-state index in [0.29, 0.717) is 11.3 Å². The number of ether oxygens (including phenoxy) is 3. The minimum Gasteiger partial charge on any atom is -0.493 e. The van der Waals surface area contributed by atoms with Crippen LogP contribution < -0.4 is 15.2 Å². The average Bonchev–Trinajstić information content (AvgIpc) is 2.91. The van der Waals surface area contributed by atoms with Gasteiger partial charge in [-0.3, -0.25) is 4.79 Å². The SMILES string of the molecule is [2H][C@]1(c2ccc(OC)c(OC)c2)OC(N)=C(OS(=O)(=O)Cc2ccccc2)C1=O. The Morgan fingerprint density at radius 2 is 1.79 bits per heavy atom. The number of rotatable bonds is 7. The maximum absolute atomic E-state index is 12.8. The van der Waals surface area contributed by atoms with E-state index in [1.165, 1.54) is 32.4 Å². The fraction of sp³-hybridized carbons (Fsp3) is 0.211.